The number of aliphatic hydroxyl groups is 2. The first-order chi connectivity index (χ1) is 29.5. The van der Waals surface area contributed by atoms with Crippen molar-refractivity contribution in [2.75, 3.05) is 6.61 Å². The molecule has 6 nitrogen and oxygen atoms in total. The number of amides is 1. The molecule has 0 aromatic heterocycles. The van der Waals surface area contributed by atoms with Gasteiger partial charge in [0.2, 0.25) is 5.91 Å². The molecule has 0 aromatic carbocycles. The fourth-order valence-corrected chi connectivity index (χ4v) is 6.86. The van der Waals surface area contributed by atoms with Crippen LogP contribution in [0.25, 0.3) is 0 Å². The largest absolute Gasteiger partial charge is 0.462 e. The topological polar surface area (TPSA) is 95.9 Å². The lowest BCUT2D eigenvalue weighted by atomic mass is 10.0. The molecular formula is C54H91NO5. The fourth-order valence-electron chi connectivity index (χ4n) is 6.86. The second-order valence-corrected chi connectivity index (χ2v) is 16.3. The average molecular weight is 834 g/mol. The van der Waals surface area contributed by atoms with Crippen LogP contribution in [0.5, 0.6) is 0 Å². The zero-order valence-electron chi connectivity index (χ0n) is 38.8. The van der Waals surface area contributed by atoms with Gasteiger partial charge in [0, 0.05) is 6.42 Å². The molecule has 3 atom stereocenters. The van der Waals surface area contributed by atoms with Gasteiger partial charge in [-0.3, -0.25) is 9.59 Å². The predicted molar refractivity (Wildman–Crippen MR) is 259 cm³/mol. The van der Waals surface area contributed by atoms with Gasteiger partial charge >= 0.3 is 5.97 Å². The van der Waals surface area contributed by atoms with Crippen molar-refractivity contribution in [3.8, 4) is 0 Å². The van der Waals surface area contributed by atoms with E-state index in [0.29, 0.717) is 19.3 Å². The molecule has 0 radical (unpaired) electrons. The predicted octanol–water partition coefficient (Wildman–Crippen LogP) is 14.6. The summed E-state index contributed by atoms with van der Waals surface area (Å²) in [7, 11) is 0. The Kier molecular flexibility index (Phi) is 44.3. The van der Waals surface area contributed by atoms with Crippen LogP contribution >= 0.6 is 0 Å². The van der Waals surface area contributed by atoms with Gasteiger partial charge in [0.15, 0.2) is 0 Å². The van der Waals surface area contributed by atoms with Crippen molar-refractivity contribution in [2.24, 2.45) is 0 Å². The highest BCUT2D eigenvalue weighted by Gasteiger charge is 2.24. The van der Waals surface area contributed by atoms with Crippen molar-refractivity contribution >= 4 is 11.9 Å². The number of hydrogen-bond acceptors (Lipinski definition) is 5. The van der Waals surface area contributed by atoms with Gasteiger partial charge in [-0.2, -0.15) is 0 Å². The Morgan fingerprint density at radius 3 is 1.42 bits per heavy atom. The monoisotopic (exact) mass is 834 g/mol. The second kappa shape index (κ2) is 46.8. The lowest BCUT2D eigenvalue weighted by Gasteiger charge is -2.24. The van der Waals surface area contributed by atoms with Crippen LogP contribution in [0.1, 0.15) is 207 Å². The third-order valence-electron chi connectivity index (χ3n) is 10.6. The van der Waals surface area contributed by atoms with E-state index in [1.807, 2.05) is 54.7 Å². The van der Waals surface area contributed by atoms with E-state index in [9.17, 15) is 19.8 Å². The highest BCUT2D eigenvalue weighted by molar-refractivity contribution is 5.77. The Labute approximate surface area is 369 Å². The number of carbonyl (C=O) groups is 2. The molecule has 0 bridgehead atoms. The minimum absolute atomic E-state index is 0.0399. The number of aliphatic hydroxyl groups excluding tert-OH is 2. The van der Waals surface area contributed by atoms with E-state index < -0.39 is 18.2 Å². The van der Waals surface area contributed by atoms with E-state index in [-0.39, 0.29) is 24.9 Å². The van der Waals surface area contributed by atoms with E-state index >= 15 is 0 Å². The highest BCUT2D eigenvalue weighted by Crippen LogP contribution is 2.17. The molecule has 3 unspecified atom stereocenters. The first-order valence-electron chi connectivity index (χ1n) is 24.6. The maximum Gasteiger partial charge on any atom is 0.306 e. The van der Waals surface area contributed by atoms with Crippen molar-refractivity contribution in [2.45, 2.75) is 225 Å². The third-order valence-corrected chi connectivity index (χ3v) is 10.6. The molecule has 0 fully saturated rings. The lowest BCUT2D eigenvalue weighted by Crippen LogP contribution is -2.46. The summed E-state index contributed by atoms with van der Waals surface area (Å²) in [5.74, 6) is -0.554. The quantitative estimate of drug-likeness (QED) is 0.0323. The molecule has 0 aliphatic carbocycles. The van der Waals surface area contributed by atoms with Gasteiger partial charge in [0.05, 0.1) is 25.2 Å². The zero-order chi connectivity index (χ0) is 43.8. The van der Waals surface area contributed by atoms with Gasteiger partial charge in [-0.25, -0.2) is 0 Å². The molecule has 0 heterocycles. The number of unbranched alkanes of at least 4 members (excludes halogenated alkanes) is 20. The van der Waals surface area contributed by atoms with Crippen molar-refractivity contribution in [1.29, 1.82) is 0 Å². The normalized spacial score (nSPS) is 14.2. The number of carbonyl (C=O) groups excluding carboxylic acids is 2. The molecule has 342 valence electrons. The number of nitrogens with one attached hydrogen (secondary N) is 1. The second-order valence-electron chi connectivity index (χ2n) is 16.3. The van der Waals surface area contributed by atoms with Crippen LogP contribution < -0.4 is 5.32 Å². The molecule has 0 aromatic rings. The summed E-state index contributed by atoms with van der Waals surface area (Å²) in [5.41, 5.74) is 0. The molecule has 0 rings (SSSR count). The smallest absolute Gasteiger partial charge is 0.306 e. The summed E-state index contributed by atoms with van der Waals surface area (Å²) in [4.78, 5) is 26.1. The summed E-state index contributed by atoms with van der Waals surface area (Å²) in [5, 5.41) is 23.7. The summed E-state index contributed by atoms with van der Waals surface area (Å²) in [6, 6.07) is -0.722. The van der Waals surface area contributed by atoms with Crippen LogP contribution in [0.2, 0.25) is 0 Å². The molecule has 0 aliphatic heterocycles. The van der Waals surface area contributed by atoms with Crippen molar-refractivity contribution in [3.05, 3.63) is 97.2 Å². The van der Waals surface area contributed by atoms with Crippen LogP contribution in [-0.4, -0.2) is 46.9 Å². The van der Waals surface area contributed by atoms with Crippen molar-refractivity contribution < 1.29 is 24.5 Å². The molecule has 1 amide bonds. The van der Waals surface area contributed by atoms with Gasteiger partial charge < -0.3 is 20.3 Å². The van der Waals surface area contributed by atoms with E-state index in [0.717, 1.165) is 89.9 Å². The van der Waals surface area contributed by atoms with Crippen molar-refractivity contribution in [3.63, 3.8) is 0 Å². The Morgan fingerprint density at radius 1 is 0.500 bits per heavy atom. The van der Waals surface area contributed by atoms with Gasteiger partial charge in [0.1, 0.15) is 6.10 Å². The van der Waals surface area contributed by atoms with Crippen LogP contribution in [0.4, 0.5) is 0 Å². The average Bonchev–Trinajstić information content (AvgIpc) is 3.24. The summed E-state index contributed by atoms with van der Waals surface area (Å²) >= 11 is 0. The van der Waals surface area contributed by atoms with Crippen molar-refractivity contribution in [1.82, 2.24) is 5.32 Å². The number of esters is 1. The van der Waals surface area contributed by atoms with Gasteiger partial charge in [-0.15, -0.1) is 0 Å². The number of allylic oxidation sites excluding steroid dienone is 16. The van der Waals surface area contributed by atoms with E-state index in [4.69, 9.17) is 4.74 Å². The molecule has 6 heteroatoms. The molecule has 0 saturated heterocycles. The van der Waals surface area contributed by atoms with E-state index in [2.05, 4.69) is 68.6 Å². The standard InChI is InChI=1S/C54H91NO5/c1-4-7-10-13-16-19-22-24-25-26-27-29-32-35-38-41-44-47-54(59)60-50(45-42-39-36-33-31-28-23-20-17-14-11-8-5-2)48-53(58)55-51(49-56)52(57)46-43-40-37-34-30-21-18-15-12-9-6-3/h7,10,13,16-17,19-20,22-29,32,50-52,56-57H,4-6,8-9,11-12,14-15,18,21,30-31,33-49H2,1-3H3,(H,55,58)/b10-7-,16-13+,20-17+,22-19+,25-24-,27-26+,28-23+,32-29+. The molecule has 60 heavy (non-hydrogen) atoms. The van der Waals surface area contributed by atoms with E-state index in [1.165, 1.54) is 70.6 Å². The minimum atomic E-state index is -0.806. The Morgan fingerprint density at radius 2 is 0.900 bits per heavy atom. The van der Waals surface area contributed by atoms with Gasteiger partial charge in [0.25, 0.3) is 0 Å². The molecular weight excluding hydrogens is 743 g/mol. The van der Waals surface area contributed by atoms with Crippen LogP contribution in [0, 0.1) is 0 Å². The van der Waals surface area contributed by atoms with Gasteiger partial charge in [-0.1, -0.05) is 221 Å². The van der Waals surface area contributed by atoms with Gasteiger partial charge in [-0.05, 0) is 70.6 Å². The Hall–Kier alpha value is -3.22. The Bertz CT molecular complexity index is 1210. The third kappa shape index (κ3) is 41.5. The molecule has 0 aliphatic rings. The summed E-state index contributed by atoms with van der Waals surface area (Å²) in [6.07, 6.45) is 61.7. The molecule has 0 spiro atoms. The zero-order valence-corrected chi connectivity index (χ0v) is 38.8. The van der Waals surface area contributed by atoms with Crippen LogP contribution in [0.3, 0.4) is 0 Å². The minimum Gasteiger partial charge on any atom is -0.462 e. The number of hydrogen-bond donors (Lipinski definition) is 3. The maximum absolute atomic E-state index is 13.2. The maximum atomic E-state index is 13.2. The first-order valence-corrected chi connectivity index (χ1v) is 24.6. The number of ether oxygens (including phenoxy) is 1. The van der Waals surface area contributed by atoms with Crippen LogP contribution in [0.15, 0.2) is 97.2 Å². The number of rotatable bonds is 42. The highest BCUT2D eigenvalue weighted by atomic mass is 16.5. The summed E-state index contributed by atoms with van der Waals surface area (Å²) < 4.78 is 5.89. The van der Waals surface area contributed by atoms with Crippen LogP contribution in [-0.2, 0) is 14.3 Å². The first kappa shape index (κ1) is 56.8. The summed E-state index contributed by atoms with van der Waals surface area (Å²) in [6.45, 7) is 6.27. The van der Waals surface area contributed by atoms with E-state index in [1.54, 1.807) is 0 Å². The lowest BCUT2D eigenvalue weighted by molar-refractivity contribution is -0.151. The SMILES string of the molecule is CC\C=C/C=C/C=C/C=C\C=C\C=C\CCCCCC(=O)OC(CCCCCC/C=C/C=C/CCCCC)CC(=O)NC(CO)C(O)CCCCCCCCCCCCC. The Balaban J connectivity index is 4.74. The molecule has 0 saturated carbocycles. The molecule has 3 N–H and O–H groups in total. The fraction of sp³-hybridized carbons (Fsp3) is 0.667.